The van der Waals surface area contributed by atoms with Gasteiger partial charge in [0.05, 0.1) is 0 Å². The first kappa shape index (κ1) is 14.1. The quantitative estimate of drug-likeness (QED) is 0.713. The van der Waals surface area contributed by atoms with Gasteiger partial charge in [0.25, 0.3) is 0 Å². The fourth-order valence-electron chi connectivity index (χ4n) is 1.28. The molecule has 0 aromatic heterocycles. The van der Waals surface area contributed by atoms with Crippen LogP contribution in [0.1, 0.15) is 13.3 Å². The summed E-state index contributed by atoms with van der Waals surface area (Å²) in [6.45, 7) is 1.74. The minimum Gasteiger partial charge on any atom is -0.480 e. The first-order chi connectivity index (χ1) is 8.49. The molecule has 0 bridgehead atoms. The Morgan fingerprint density at radius 3 is 2.78 bits per heavy atom. The van der Waals surface area contributed by atoms with Gasteiger partial charge in [-0.2, -0.15) is 0 Å². The first-order valence-electron chi connectivity index (χ1n) is 5.50. The smallest absolute Gasteiger partial charge is 0.320 e. The first-order valence-corrected chi connectivity index (χ1v) is 5.50. The number of amides is 1. The highest BCUT2D eigenvalue weighted by Crippen LogP contribution is 2.09. The van der Waals surface area contributed by atoms with Crippen LogP contribution in [0.25, 0.3) is 0 Å². The Hall–Kier alpha value is -1.95. The lowest BCUT2D eigenvalue weighted by Gasteiger charge is -2.09. The van der Waals surface area contributed by atoms with E-state index in [1.54, 1.807) is 6.07 Å². The van der Waals surface area contributed by atoms with Crippen molar-refractivity contribution in [1.29, 1.82) is 0 Å². The van der Waals surface area contributed by atoms with Gasteiger partial charge in [-0.1, -0.05) is 6.07 Å². The van der Waals surface area contributed by atoms with E-state index in [1.165, 1.54) is 25.1 Å². The predicted octanol–water partition coefficient (Wildman–Crippen LogP) is 1.22. The maximum atomic E-state index is 12.8. The molecule has 5 nitrogen and oxygen atoms in total. The Morgan fingerprint density at radius 2 is 2.17 bits per heavy atom. The number of nitrogens with one attached hydrogen (secondary N) is 2. The van der Waals surface area contributed by atoms with Crippen LogP contribution in [0.4, 0.5) is 10.1 Å². The zero-order chi connectivity index (χ0) is 13.5. The highest BCUT2D eigenvalue weighted by molar-refractivity contribution is 5.90. The number of anilines is 1. The Labute approximate surface area is 104 Å². The van der Waals surface area contributed by atoms with E-state index in [9.17, 15) is 14.0 Å². The lowest BCUT2D eigenvalue weighted by Crippen LogP contribution is -2.35. The molecule has 1 aromatic rings. The van der Waals surface area contributed by atoms with Gasteiger partial charge in [-0.05, 0) is 25.1 Å². The molecule has 0 fully saturated rings. The summed E-state index contributed by atoms with van der Waals surface area (Å²) in [5.74, 6) is -1.70. The normalized spacial score (nSPS) is 11.9. The Bertz CT molecular complexity index is 437. The summed E-state index contributed by atoms with van der Waals surface area (Å²) in [5.41, 5.74) is 0.381. The highest BCUT2D eigenvalue weighted by Gasteiger charge is 2.10. The summed E-state index contributed by atoms with van der Waals surface area (Å²) < 4.78 is 12.8. The van der Waals surface area contributed by atoms with E-state index < -0.39 is 17.8 Å². The largest absolute Gasteiger partial charge is 0.480 e. The van der Waals surface area contributed by atoms with Crippen LogP contribution in [0.5, 0.6) is 0 Å². The van der Waals surface area contributed by atoms with Gasteiger partial charge >= 0.3 is 5.97 Å². The lowest BCUT2D eigenvalue weighted by atomic mass is 10.3. The molecule has 6 heteroatoms. The van der Waals surface area contributed by atoms with Gasteiger partial charge in [0, 0.05) is 18.7 Å². The topological polar surface area (TPSA) is 78.4 Å². The standard InChI is InChI=1S/C12H15FN2O3/c1-8(12(17)18)14-6-5-11(16)15-10-4-2-3-9(13)7-10/h2-4,7-8,14H,5-6H2,1H3,(H,15,16)(H,17,18)/t8-/m1/s1. The van der Waals surface area contributed by atoms with Gasteiger partial charge in [-0.3, -0.25) is 9.59 Å². The van der Waals surface area contributed by atoms with Gasteiger partial charge < -0.3 is 15.7 Å². The molecule has 1 rings (SSSR count). The second-order valence-corrected chi connectivity index (χ2v) is 3.82. The molecular weight excluding hydrogens is 239 g/mol. The third kappa shape index (κ3) is 4.92. The minimum atomic E-state index is -0.972. The number of carbonyl (C=O) groups is 2. The van der Waals surface area contributed by atoms with E-state index >= 15 is 0 Å². The average molecular weight is 254 g/mol. The summed E-state index contributed by atoms with van der Waals surface area (Å²) in [5, 5.41) is 13.8. The van der Waals surface area contributed by atoms with E-state index in [-0.39, 0.29) is 18.9 Å². The van der Waals surface area contributed by atoms with Crippen molar-refractivity contribution in [2.75, 3.05) is 11.9 Å². The number of carbonyl (C=O) groups excluding carboxylic acids is 1. The molecule has 0 aliphatic rings. The molecule has 0 saturated carbocycles. The molecule has 1 amide bonds. The molecule has 0 aliphatic heterocycles. The Morgan fingerprint density at radius 1 is 1.44 bits per heavy atom. The maximum absolute atomic E-state index is 12.8. The van der Waals surface area contributed by atoms with Crippen molar-refractivity contribution in [3.8, 4) is 0 Å². The predicted molar refractivity (Wildman–Crippen MR) is 64.7 cm³/mol. The molecule has 1 aromatic carbocycles. The van der Waals surface area contributed by atoms with Crippen molar-refractivity contribution in [2.45, 2.75) is 19.4 Å². The lowest BCUT2D eigenvalue weighted by molar-refractivity contribution is -0.139. The van der Waals surface area contributed by atoms with Gasteiger partial charge in [0.15, 0.2) is 0 Å². The van der Waals surface area contributed by atoms with Crippen LogP contribution in [0, 0.1) is 5.82 Å². The van der Waals surface area contributed by atoms with E-state index in [4.69, 9.17) is 5.11 Å². The third-order valence-corrected chi connectivity index (χ3v) is 2.28. The molecule has 1 atom stereocenters. The fourth-order valence-corrected chi connectivity index (χ4v) is 1.28. The van der Waals surface area contributed by atoms with Crippen molar-refractivity contribution < 1.29 is 19.1 Å². The van der Waals surface area contributed by atoms with Crippen LogP contribution in [0.15, 0.2) is 24.3 Å². The van der Waals surface area contributed by atoms with E-state index in [1.807, 2.05) is 0 Å². The van der Waals surface area contributed by atoms with Crippen molar-refractivity contribution >= 4 is 17.6 Å². The van der Waals surface area contributed by atoms with Gasteiger partial charge in [-0.15, -0.1) is 0 Å². The SMILES string of the molecule is C[C@@H](NCCC(=O)Nc1cccc(F)c1)C(=O)O. The second-order valence-electron chi connectivity index (χ2n) is 3.82. The van der Waals surface area contributed by atoms with Gasteiger partial charge in [0.2, 0.25) is 5.91 Å². The fraction of sp³-hybridized carbons (Fsp3) is 0.333. The maximum Gasteiger partial charge on any atom is 0.320 e. The number of aliphatic carboxylic acids is 1. The Kier molecular flexibility index (Phi) is 5.26. The zero-order valence-corrected chi connectivity index (χ0v) is 9.94. The zero-order valence-electron chi connectivity index (χ0n) is 9.94. The van der Waals surface area contributed by atoms with Crippen LogP contribution >= 0.6 is 0 Å². The van der Waals surface area contributed by atoms with Crippen LogP contribution in [0.3, 0.4) is 0 Å². The highest BCUT2D eigenvalue weighted by atomic mass is 19.1. The van der Waals surface area contributed by atoms with Crippen LogP contribution < -0.4 is 10.6 Å². The summed E-state index contributed by atoms with van der Waals surface area (Å²) >= 11 is 0. The molecule has 0 saturated heterocycles. The molecule has 3 N–H and O–H groups in total. The molecule has 0 radical (unpaired) electrons. The molecule has 0 aliphatic carbocycles. The number of carboxylic acids is 1. The monoisotopic (exact) mass is 254 g/mol. The second kappa shape index (κ2) is 6.70. The van der Waals surface area contributed by atoms with Crippen molar-refractivity contribution in [3.63, 3.8) is 0 Å². The molecule has 18 heavy (non-hydrogen) atoms. The molecular formula is C12H15FN2O3. The van der Waals surface area contributed by atoms with Crippen molar-refractivity contribution in [2.24, 2.45) is 0 Å². The summed E-state index contributed by atoms with van der Waals surface area (Å²) in [6.07, 6.45) is 0.119. The molecule has 0 heterocycles. The average Bonchev–Trinajstić information content (AvgIpc) is 2.28. The number of hydrogen-bond donors (Lipinski definition) is 3. The number of rotatable bonds is 6. The number of carboxylic acid groups (broad SMARTS) is 1. The Balaban J connectivity index is 2.32. The summed E-state index contributed by atoms with van der Waals surface area (Å²) in [4.78, 5) is 22.0. The van der Waals surface area contributed by atoms with E-state index in [0.717, 1.165) is 0 Å². The number of benzene rings is 1. The summed E-state index contributed by atoms with van der Waals surface area (Å²) in [6, 6.07) is 4.87. The number of hydrogen-bond acceptors (Lipinski definition) is 3. The third-order valence-electron chi connectivity index (χ3n) is 2.28. The van der Waals surface area contributed by atoms with Crippen molar-refractivity contribution in [1.82, 2.24) is 5.32 Å². The van der Waals surface area contributed by atoms with Gasteiger partial charge in [0.1, 0.15) is 11.9 Å². The summed E-state index contributed by atoms with van der Waals surface area (Å²) in [7, 11) is 0. The van der Waals surface area contributed by atoms with Crippen LogP contribution in [-0.4, -0.2) is 29.6 Å². The van der Waals surface area contributed by atoms with Crippen molar-refractivity contribution in [3.05, 3.63) is 30.1 Å². The van der Waals surface area contributed by atoms with E-state index in [0.29, 0.717) is 5.69 Å². The van der Waals surface area contributed by atoms with Crippen LogP contribution in [-0.2, 0) is 9.59 Å². The number of halogens is 1. The molecule has 0 spiro atoms. The van der Waals surface area contributed by atoms with Gasteiger partial charge in [-0.25, -0.2) is 4.39 Å². The minimum absolute atomic E-state index is 0.119. The molecule has 0 unspecified atom stereocenters. The van der Waals surface area contributed by atoms with Crippen LogP contribution in [0.2, 0.25) is 0 Å². The van der Waals surface area contributed by atoms with E-state index in [2.05, 4.69) is 10.6 Å². The molecule has 98 valence electrons.